The van der Waals surface area contributed by atoms with Gasteiger partial charge in [0.2, 0.25) is 0 Å². The molecule has 9 heteroatoms. The minimum Gasteiger partial charge on any atom is -0.379 e. The van der Waals surface area contributed by atoms with Gasteiger partial charge in [0.05, 0.1) is 28.9 Å². The van der Waals surface area contributed by atoms with Crippen molar-refractivity contribution in [3.63, 3.8) is 0 Å². The van der Waals surface area contributed by atoms with Crippen LogP contribution in [0.25, 0.3) is 28.3 Å². The van der Waals surface area contributed by atoms with Crippen molar-refractivity contribution in [2.24, 2.45) is 7.05 Å². The smallest absolute Gasteiger partial charge is 0.251 e. The van der Waals surface area contributed by atoms with Gasteiger partial charge in [0, 0.05) is 44.1 Å². The van der Waals surface area contributed by atoms with Gasteiger partial charge in [0.15, 0.2) is 5.65 Å². The minimum atomic E-state index is -0.351. The van der Waals surface area contributed by atoms with Crippen molar-refractivity contribution in [1.29, 1.82) is 0 Å². The Balaban J connectivity index is 1.57. The van der Waals surface area contributed by atoms with E-state index in [1.54, 1.807) is 18.0 Å². The first-order chi connectivity index (χ1) is 16.8. The fourth-order valence-electron chi connectivity index (χ4n) is 3.99. The van der Waals surface area contributed by atoms with E-state index in [4.69, 9.17) is 14.8 Å². The molecule has 0 unspecified atom stereocenters. The number of fused-ring (bicyclic) bond motifs is 1. The van der Waals surface area contributed by atoms with E-state index in [9.17, 15) is 4.79 Å². The van der Waals surface area contributed by atoms with Crippen LogP contribution in [0.5, 0.6) is 0 Å². The molecule has 3 heterocycles. The van der Waals surface area contributed by atoms with Gasteiger partial charge in [0.1, 0.15) is 5.69 Å². The maximum Gasteiger partial charge on any atom is 0.251 e. The standard InChI is InChI=1S/C26H31N7O2/c1-16-12-17(6-9-19(16)25(34)30-18-7-8-18)23-14-27-24-21(28-15-26(2,3)35-5)13-20(31-33(23)24)22-10-11-29-32(22)4/h6,9-14,18,28H,7-8,15H2,1-5H3,(H,30,34). The first-order valence-corrected chi connectivity index (χ1v) is 11.8. The van der Waals surface area contributed by atoms with Gasteiger partial charge in [0.25, 0.3) is 5.91 Å². The van der Waals surface area contributed by atoms with E-state index in [1.807, 2.05) is 68.9 Å². The Labute approximate surface area is 204 Å². The topological polar surface area (TPSA) is 98.4 Å². The van der Waals surface area contributed by atoms with Crippen molar-refractivity contribution in [2.75, 3.05) is 19.0 Å². The average Bonchev–Trinajstić information content (AvgIpc) is 3.37. The lowest BCUT2D eigenvalue weighted by atomic mass is 10.0. The maximum absolute atomic E-state index is 12.6. The second-order valence-corrected chi connectivity index (χ2v) is 9.76. The zero-order chi connectivity index (χ0) is 24.7. The number of nitrogens with one attached hydrogen (secondary N) is 2. The van der Waals surface area contributed by atoms with Crippen LogP contribution >= 0.6 is 0 Å². The molecule has 1 saturated carbocycles. The van der Waals surface area contributed by atoms with Crippen LogP contribution in [-0.2, 0) is 11.8 Å². The Kier molecular flexibility index (Phi) is 5.80. The third-order valence-electron chi connectivity index (χ3n) is 6.49. The van der Waals surface area contributed by atoms with Gasteiger partial charge in [-0.2, -0.15) is 10.2 Å². The van der Waals surface area contributed by atoms with Crippen LogP contribution in [-0.4, -0.2) is 55.6 Å². The fraction of sp³-hybridized carbons (Fsp3) is 0.385. The van der Waals surface area contributed by atoms with E-state index in [2.05, 4.69) is 15.7 Å². The predicted molar refractivity (Wildman–Crippen MR) is 135 cm³/mol. The number of aromatic nitrogens is 5. The molecule has 9 nitrogen and oxygen atoms in total. The first kappa shape index (κ1) is 23.0. The van der Waals surface area contributed by atoms with E-state index in [-0.39, 0.29) is 11.5 Å². The molecule has 0 saturated heterocycles. The Morgan fingerprint density at radius 3 is 2.66 bits per heavy atom. The number of ether oxygens (including phenoxy) is 1. The van der Waals surface area contributed by atoms with Crippen LogP contribution in [0.4, 0.5) is 5.69 Å². The first-order valence-electron chi connectivity index (χ1n) is 11.8. The van der Waals surface area contributed by atoms with Crippen LogP contribution in [0.3, 0.4) is 0 Å². The molecule has 1 fully saturated rings. The number of amides is 1. The average molecular weight is 474 g/mol. The van der Waals surface area contributed by atoms with E-state index in [0.29, 0.717) is 23.8 Å². The number of aryl methyl sites for hydroxylation is 2. The number of methoxy groups -OCH3 is 1. The van der Waals surface area contributed by atoms with Crippen molar-refractivity contribution < 1.29 is 9.53 Å². The van der Waals surface area contributed by atoms with Crippen molar-refractivity contribution >= 4 is 17.2 Å². The van der Waals surface area contributed by atoms with Crippen LogP contribution in [0.1, 0.15) is 42.6 Å². The van der Waals surface area contributed by atoms with Crippen LogP contribution < -0.4 is 10.6 Å². The molecule has 5 rings (SSSR count). The number of benzene rings is 1. The number of hydrogen-bond acceptors (Lipinski definition) is 6. The zero-order valence-electron chi connectivity index (χ0n) is 20.8. The second-order valence-electron chi connectivity index (χ2n) is 9.76. The second kappa shape index (κ2) is 8.81. The monoisotopic (exact) mass is 473 g/mol. The Morgan fingerprint density at radius 1 is 1.20 bits per heavy atom. The lowest BCUT2D eigenvalue weighted by Gasteiger charge is -2.24. The summed E-state index contributed by atoms with van der Waals surface area (Å²) in [4.78, 5) is 17.3. The van der Waals surface area contributed by atoms with E-state index >= 15 is 0 Å². The highest BCUT2D eigenvalue weighted by Crippen LogP contribution is 2.29. The lowest BCUT2D eigenvalue weighted by Crippen LogP contribution is -2.32. The minimum absolute atomic E-state index is 0.0152. The molecule has 0 bridgehead atoms. The summed E-state index contributed by atoms with van der Waals surface area (Å²) in [7, 11) is 3.60. The molecule has 2 N–H and O–H groups in total. The summed E-state index contributed by atoms with van der Waals surface area (Å²) in [6.07, 6.45) is 5.70. The largest absolute Gasteiger partial charge is 0.379 e. The molecule has 182 valence electrons. The number of nitrogens with zero attached hydrogens (tertiary/aromatic N) is 5. The van der Waals surface area contributed by atoms with E-state index in [0.717, 1.165) is 46.7 Å². The highest BCUT2D eigenvalue weighted by atomic mass is 16.5. The van der Waals surface area contributed by atoms with Crippen LogP contribution in [0, 0.1) is 6.92 Å². The fourth-order valence-corrected chi connectivity index (χ4v) is 3.99. The summed E-state index contributed by atoms with van der Waals surface area (Å²) < 4.78 is 9.23. The molecular weight excluding hydrogens is 442 g/mol. The molecule has 1 aliphatic carbocycles. The highest BCUT2D eigenvalue weighted by molar-refractivity contribution is 5.96. The van der Waals surface area contributed by atoms with Gasteiger partial charge in [-0.1, -0.05) is 6.07 Å². The van der Waals surface area contributed by atoms with Gasteiger partial charge in [-0.05, 0) is 63.4 Å². The summed E-state index contributed by atoms with van der Waals surface area (Å²) in [6.45, 7) is 6.62. The molecule has 1 aliphatic rings. The van der Waals surface area contributed by atoms with Gasteiger partial charge >= 0.3 is 0 Å². The number of carbonyl (C=O) groups is 1. The molecule has 3 aromatic heterocycles. The number of anilines is 1. The summed E-state index contributed by atoms with van der Waals surface area (Å²) in [5.41, 5.74) is 6.27. The van der Waals surface area contributed by atoms with E-state index in [1.165, 1.54) is 0 Å². The van der Waals surface area contributed by atoms with Crippen molar-refractivity contribution in [2.45, 2.75) is 45.3 Å². The Hall–Kier alpha value is -3.72. The molecule has 0 aliphatic heterocycles. The molecule has 1 amide bonds. The molecule has 0 spiro atoms. The maximum atomic E-state index is 12.6. The lowest BCUT2D eigenvalue weighted by molar-refractivity contribution is 0.0344. The van der Waals surface area contributed by atoms with Gasteiger partial charge in [-0.3, -0.25) is 9.48 Å². The molecule has 4 aromatic rings. The summed E-state index contributed by atoms with van der Waals surface area (Å²) in [5.74, 6) is -0.0152. The van der Waals surface area contributed by atoms with Crippen molar-refractivity contribution in [3.8, 4) is 22.6 Å². The molecular formula is C26H31N7O2. The SMILES string of the molecule is COC(C)(C)CNc1cc(-c2ccnn2C)nn2c(-c3ccc(C(=O)NC4CC4)c(C)c3)cnc12. The third kappa shape index (κ3) is 4.64. The molecule has 1 aromatic carbocycles. The van der Waals surface area contributed by atoms with Crippen LogP contribution in [0.15, 0.2) is 42.7 Å². The number of imidazole rings is 1. The summed E-state index contributed by atoms with van der Waals surface area (Å²) in [6, 6.07) is 10.1. The normalized spacial score (nSPS) is 13.9. The highest BCUT2D eigenvalue weighted by Gasteiger charge is 2.25. The summed E-state index contributed by atoms with van der Waals surface area (Å²) in [5, 5.41) is 15.8. The van der Waals surface area contributed by atoms with E-state index < -0.39 is 0 Å². The van der Waals surface area contributed by atoms with Crippen LogP contribution in [0.2, 0.25) is 0 Å². The quantitative estimate of drug-likeness (QED) is 0.404. The molecule has 0 radical (unpaired) electrons. The number of carbonyl (C=O) groups excluding carboxylic acids is 1. The molecule has 0 atom stereocenters. The zero-order valence-corrected chi connectivity index (χ0v) is 20.8. The van der Waals surface area contributed by atoms with Gasteiger partial charge in [-0.25, -0.2) is 9.50 Å². The van der Waals surface area contributed by atoms with Crippen molar-refractivity contribution in [1.82, 2.24) is 29.7 Å². The number of hydrogen-bond donors (Lipinski definition) is 2. The predicted octanol–water partition coefficient (Wildman–Crippen LogP) is 3.83. The van der Waals surface area contributed by atoms with Crippen molar-refractivity contribution in [3.05, 3.63) is 53.9 Å². The Morgan fingerprint density at radius 2 is 2.00 bits per heavy atom. The summed E-state index contributed by atoms with van der Waals surface area (Å²) >= 11 is 0. The number of rotatable bonds is 8. The van der Waals surface area contributed by atoms with Gasteiger partial charge < -0.3 is 15.4 Å². The van der Waals surface area contributed by atoms with Gasteiger partial charge in [-0.15, -0.1) is 0 Å². The third-order valence-corrected chi connectivity index (χ3v) is 6.49. The Bertz CT molecular complexity index is 1400. The molecule has 35 heavy (non-hydrogen) atoms.